The average Bonchev–Trinajstić information content (AvgIpc) is 3.34. The molecule has 3 aromatic carbocycles. The van der Waals surface area contributed by atoms with Crippen molar-refractivity contribution in [3.8, 4) is 5.75 Å². The van der Waals surface area contributed by atoms with E-state index >= 15 is 0 Å². The number of aromatic amines is 1. The number of allylic oxidation sites excluding steroid dienone is 1. The number of fused-ring (bicyclic) bond motifs is 2. The normalized spacial score (nSPS) is 14.3. The third kappa shape index (κ3) is 3.94. The Labute approximate surface area is 182 Å². The molecule has 1 aliphatic rings. The van der Waals surface area contributed by atoms with Gasteiger partial charge in [-0.25, -0.2) is 4.99 Å². The fraction of sp³-hybridized carbons (Fsp3) is 0.0417. The van der Waals surface area contributed by atoms with Crippen molar-refractivity contribution in [1.82, 2.24) is 4.98 Å². The fourth-order valence-electron chi connectivity index (χ4n) is 3.84. The third-order valence-corrected chi connectivity index (χ3v) is 5.09. The second-order valence-corrected chi connectivity index (χ2v) is 6.94. The van der Waals surface area contributed by atoms with Crippen molar-refractivity contribution in [3.05, 3.63) is 95.7 Å². The molecule has 1 aliphatic heterocycles. The van der Waals surface area contributed by atoms with E-state index in [4.69, 9.17) is 0 Å². The number of benzene rings is 3. The molecule has 0 aliphatic carbocycles. The zero-order valence-corrected chi connectivity index (χ0v) is 16.8. The second kappa shape index (κ2) is 7.96. The molecular formula is C24H16ClF3N2O. The van der Waals surface area contributed by atoms with E-state index in [9.17, 15) is 13.2 Å². The first-order chi connectivity index (χ1) is 14.5. The fourth-order valence-corrected chi connectivity index (χ4v) is 3.84. The van der Waals surface area contributed by atoms with Crippen molar-refractivity contribution in [3.63, 3.8) is 0 Å². The number of aromatic nitrogens is 1. The summed E-state index contributed by atoms with van der Waals surface area (Å²) in [5, 5.41) is 1.04. The van der Waals surface area contributed by atoms with Crippen LogP contribution in [0.25, 0.3) is 22.0 Å². The summed E-state index contributed by atoms with van der Waals surface area (Å²) < 4.78 is 41.7. The smallest absolute Gasteiger partial charge is 0.573 e. The average molecular weight is 441 g/mol. The van der Waals surface area contributed by atoms with Crippen LogP contribution in [0.5, 0.6) is 5.75 Å². The Bertz CT molecular complexity index is 1300. The number of rotatable bonds is 3. The molecule has 3 nitrogen and oxygen atoms in total. The van der Waals surface area contributed by atoms with E-state index in [0.29, 0.717) is 0 Å². The number of halogens is 4. The lowest BCUT2D eigenvalue weighted by Crippen LogP contribution is -3.00. The molecule has 0 radical (unpaired) electrons. The van der Waals surface area contributed by atoms with Crippen LogP contribution in [0.1, 0.15) is 16.7 Å². The summed E-state index contributed by atoms with van der Waals surface area (Å²) in [6.07, 6.45) is -0.856. The number of nitrogens with one attached hydrogen (secondary N) is 2. The highest BCUT2D eigenvalue weighted by Gasteiger charge is 2.31. The molecule has 31 heavy (non-hydrogen) atoms. The summed E-state index contributed by atoms with van der Waals surface area (Å²) in [6, 6.07) is 21.9. The van der Waals surface area contributed by atoms with Gasteiger partial charge in [0.05, 0.1) is 11.1 Å². The predicted octanol–water partition coefficient (Wildman–Crippen LogP) is 1.83. The first-order valence-electron chi connectivity index (χ1n) is 9.36. The zero-order chi connectivity index (χ0) is 20.7. The summed E-state index contributed by atoms with van der Waals surface area (Å²) in [7, 11) is 0. The van der Waals surface area contributed by atoms with Gasteiger partial charge in [0.2, 0.25) is 5.69 Å². The van der Waals surface area contributed by atoms with E-state index in [1.807, 2.05) is 60.9 Å². The van der Waals surface area contributed by atoms with Gasteiger partial charge in [-0.15, -0.1) is 13.2 Å². The van der Waals surface area contributed by atoms with Gasteiger partial charge in [-0.2, -0.15) is 0 Å². The molecule has 1 aromatic heterocycles. The molecule has 4 aromatic rings. The van der Waals surface area contributed by atoms with Gasteiger partial charge in [-0.1, -0.05) is 42.5 Å². The highest BCUT2D eigenvalue weighted by molar-refractivity contribution is 6.24. The monoisotopic (exact) mass is 440 g/mol. The molecule has 0 saturated carbocycles. The maximum atomic E-state index is 12.6. The quantitative estimate of drug-likeness (QED) is 0.501. The summed E-state index contributed by atoms with van der Waals surface area (Å²) in [5.41, 5.74) is 6.67. The van der Waals surface area contributed by atoms with Gasteiger partial charge in [0.25, 0.3) is 0 Å². The molecule has 0 unspecified atom stereocenters. The number of ether oxygens (including phenoxy) is 1. The van der Waals surface area contributed by atoms with Crippen LogP contribution in [-0.4, -0.2) is 17.6 Å². The van der Waals surface area contributed by atoms with Gasteiger partial charge in [0.1, 0.15) is 5.75 Å². The summed E-state index contributed by atoms with van der Waals surface area (Å²) in [4.78, 5) is 6.57. The molecule has 2 heterocycles. The first-order valence-corrected chi connectivity index (χ1v) is 9.36. The highest BCUT2D eigenvalue weighted by atomic mass is 35.5. The van der Waals surface area contributed by atoms with Crippen LogP contribution in [0, 0.1) is 0 Å². The lowest BCUT2D eigenvalue weighted by Gasteiger charge is -2.12. The summed E-state index contributed by atoms with van der Waals surface area (Å²) in [5.74, 6) is -0.247. The van der Waals surface area contributed by atoms with E-state index in [2.05, 4.69) is 14.7 Å². The second-order valence-electron chi connectivity index (χ2n) is 6.94. The van der Waals surface area contributed by atoms with Crippen molar-refractivity contribution in [2.75, 3.05) is 0 Å². The molecule has 5 rings (SSSR count). The molecule has 0 saturated heterocycles. The molecule has 0 bridgehead atoms. The van der Waals surface area contributed by atoms with Crippen molar-refractivity contribution in [2.24, 2.45) is 0 Å². The van der Waals surface area contributed by atoms with Crippen molar-refractivity contribution in [1.29, 1.82) is 0 Å². The number of hydrogen-bond acceptors (Lipinski definition) is 1. The van der Waals surface area contributed by atoms with Crippen LogP contribution >= 0.6 is 0 Å². The standard InChI is InChI=1S/C24H15F3N2O.ClH/c25-24(26,27)30-16-11-9-15(10-12-16)23(19-13-28-21-7-3-1-5-17(19)21)20-14-29-22-8-4-2-6-18(20)22;/h1-14,28H;1H. The molecular weight excluding hydrogens is 425 g/mol. The highest BCUT2D eigenvalue weighted by Crippen LogP contribution is 2.38. The third-order valence-electron chi connectivity index (χ3n) is 5.09. The Morgan fingerprint density at radius 2 is 1.58 bits per heavy atom. The Hall–Kier alpha value is -3.51. The minimum Gasteiger partial charge on any atom is -1.00 e. The zero-order valence-electron chi connectivity index (χ0n) is 16.0. The van der Waals surface area contributed by atoms with Crippen molar-refractivity contribution in [2.45, 2.75) is 6.36 Å². The van der Waals surface area contributed by atoms with E-state index < -0.39 is 6.36 Å². The van der Waals surface area contributed by atoms with Gasteiger partial charge in [-0.05, 0) is 29.8 Å². The molecule has 2 N–H and O–H groups in total. The van der Waals surface area contributed by atoms with E-state index in [-0.39, 0.29) is 18.2 Å². The van der Waals surface area contributed by atoms with Gasteiger partial charge in [0.15, 0.2) is 6.21 Å². The minimum absolute atomic E-state index is 0. The number of hydrogen-bond donors (Lipinski definition) is 2. The van der Waals surface area contributed by atoms with Crippen molar-refractivity contribution >= 4 is 34.0 Å². The van der Waals surface area contributed by atoms with Crippen LogP contribution < -0.4 is 22.1 Å². The van der Waals surface area contributed by atoms with Gasteiger partial charge in [0, 0.05) is 34.3 Å². The lowest BCUT2D eigenvalue weighted by atomic mass is 9.90. The van der Waals surface area contributed by atoms with Crippen LogP contribution in [0.15, 0.2) is 79.0 Å². The van der Waals surface area contributed by atoms with Gasteiger partial charge >= 0.3 is 6.36 Å². The largest absolute Gasteiger partial charge is 1.00 e. The molecule has 0 amide bonds. The molecule has 0 atom stereocenters. The maximum absolute atomic E-state index is 12.6. The van der Waals surface area contributed by atoms with Crippen LogP contribution in [0.3, 0.4) is 0 Å². The molecule has 0 spiro atoms. The SMILES string of the molecule is FC(F)(F)Oc1ccc(C(=C2C=[NH+]c3ccccc32)c2c[nH]c3ccccc23)cc1.[Cl-]. The van der Waals surface area contributed by atoms with Gasteiger partial charge in [-0.3, -0.25) is 0 Å². The minimum atomic E-state index is -4.72. The van der Waals surface area contributed by atoms with E-state index in [0.717, 1.165) is 44.4 Å². The van der Waals surface area contributed by atoms with E-state index in [1.54, 1.807) is 12.1 Å². The first kappa shape index (κ1) is 20.8. The Kier molecular flexibility index (Phi) is 5.33. The Morgan fingerprint density at radius 1 is 0.871 bits per heavy atom. The topological polar surface area (TPSA) is 39.0 Å². The number of alkyl halides is 3. The number of H-pyrrole nitrogens is 1. The van der Waals surface area contributed by atoms with Crippen LogP contribution in [0.2, 0.25) is 0 Å². The predicted molar refractivity (Wildman–Crippen MR) is 110 cm³/mol. The number of para-hydroxylation sites is 2. The lowest BCUT2D eigenvalue weighted by molar-refractivity contribution is -0.342. The van der Waals surface area contributed by atoms with Crippen LogP contribution in [-0.2, 0) is 0 Å². The summed E-state index contributed by atoms with van der Waals surface area (Å²) in [6.45, 7) is 0. The van der Waals surface area contributed by atoms with Gasteiger partial charge < -0.3 is 22.1 Å². The van der Waals surface area contributed by atoms with Crippen molar-refractivity contribution < 1.29 is 35.3 Å². The maximum Gasteiger partial charge on any atom is 0.573 e. The Balaban J connectivity index is 0.00000231. The molecule has 156 valence electrons. The van der Waals surface area contributed by atoms with E-state index in [1.165, 1.54) is 12.1 Å². The molecule has 0 fully saturated rings. The van der Waals surface area contributed by atoms with Crippen LogP contribution in [0.4, 0.5) is 18.9 Å². The Morgan fingerprint density at radius 3 is 2.35 bits per heavy atom. The molecule has 7 heteroatoms. The summed E-state index contributed by atoms with van der Waals surface area (Å²) >= 11 is 0.